The normalized spacial score (nSPS) is 12.3. The predicted molar refractivity (Wildman–Crippen MR) is 117 cm³/mol. The van der Waals surface area contributed by atoms with Crippen molar-refractivity contribution in [3.05, 3.63) is 77.0 Å². The van der Waals surface area contributed by atoms with Crippen molar-refractivity contribution in [1.29, 1.82) is 0 Å². The average molecular weight is 415 g/mol. The molecule has 0 bridgehead atoms. The van der Waals surface area contributed by atoms with Crippen LogP contribution in [-0.4, -0.2) is 35.1 Å². The van der Waals surface area contributed by atoms with Crippen molar-refractivity contribution < 1.29 is 19.4 Å². The van der Waals surface area contributed by atoms with E-state index in [4.69, 9.17) is 9.47 Å². The largest absolute Gasteiger partial charge is 0.507 e. The number of aromatic amines is 1. The van der Waals surface area contributed by atoms with Crippen LogP contribution >= 0.6 is 0 Å². The molecule has 1 aliphatic rings. The van der Waals surface area contributed by atoms with Crippen LogP contribution in [0.25, 0.3) is 10.9 Å². The second-order valence-corrected chi connectivity index (χ2v) is 7.65. The number of nitrogens with one attached hydrogen (secondary N) is 1. The van der Waals surface area contributed by atoms with Crippen molar-refractivity contribution in [2.24, 2.45) is 0 Å². The highest BCUT2D eigenvalue weighted by molar-refractivity contribution is 6.09. The SMILES string of the molecule is Cc1cccc(Cc2n[nH]c3cc(O)c(C(=O)N(C)c4ccc5c(c4)OCO5)cc23)c1. The molecule has 1 aliphatic heterocycles. The molecule has 0 unspecified atom stereocenters. The Kier molecular flexibility index (Phi) is 4.51. The number of H-pyrrole nitrogens is 1. The van der Waals surface area contributed by atoms with Crippen molar-refractivity contribution in [2.75, 3.05) is 18.7 Å². The molecule has 0 spiro atoms. The van der Waals surface area contributed by atoms with Gasteiger partial charge in [0.05, 0.1) is 16.8 Å². The number of aromatic hydroxyl groups is 1. The summed E-state index contributed by atoms with van der Waals surface area (Å²) >= 11 is 0. The van der Waals surface area contributed by atoms with E-state index in [0.29, 0.717) is 29.1 Å². The van der Waals surface area contributed by atoms with Gasteiger partial charge in [-0.25, -0.2) is 0 Å². The van der Waals surface area contributed by atoms with Gasteiger partial charge in [0.15, 0.2) is 11.5 Å². The molecule has 0 radical (unpaired) electrons. The van der Waals surface area contributed by atoms with E-state index in [9.17, 15) is 9.90 Å². The molecule has 0 atom stereocenters. The zero-order chi connectivity index (χ0) is 21.5. The van der Waals surface area contributed by atoms with Gasteiger partial charge in [0.25, 0.3) is 5.91 Å². The molecular formula is C24H21N3O4. The van der Waals surface area contributed by atoms with E-state index in [1.54, 1.807) is 37.4 Å². The number of phenols is 1. The minimum Gasteiger partial charge on any atom is -0.507 e. The van der Waals surface area contributed by atoms with Crippen LogP contribution in [0.5, 0.6) is 17.2 Å². The second kappa shape index (κ2) is 7.36. The number of hydrogen-bond donors (Lipinski definition) is 2. The monoisotopic (exact) mass is 415 g/mol. The molecule has 0 saturated carbocycles. The third-order valence-corrected chi connectivity index (χ3v) is 5.49. The van der Waals surface area contributed by atoms with Crippen LogP contribution in [0.2, 0.25) is 0 Å². The third kappa shape index (κ3) is 3.44. The third-order valence-electron chi connectivity index (χ3n) is 5.49. The van der Waals surface area contributed by atoms with Gasteiger partial charge in [0.1, 0.15) is 5.75 Å². The predicted octanol–water partition coefficient (Wildman–Crippen LogP) is 4.17. The number of ether oxygens (including phenoxy) is 2. The molecule has 4 aromatic rings. The zero-order valence-electron chi connectivity index (χ0n) is 17.2. The number of phenolic OH excluding ortho intramolecular Hbond substituents is 1. The molecule has 5 rings (SSSR count). The maximum Gasteiger partial charge on any atom is 0.261 e. The lowest BCUT2D eigenvalue weighted by molar-refractivity contribution is 0.0990. The Bertz CT molecular complexity index is 1310. The van der Waals surface area contributed by atoms with Crippen molar-refractivity contribution in [1.82, 2.24) is 10.2 Å². The number of aryl methyl sites for hydroxylation is 1. The minimum absolute atomic E-state index is 0.101. The van der Waals surface area contributed by atoms with Crippen LogP contribution < -0.4 is 14.4 Å². The molecule has 156 valence electrons. The minimum atomic E-state index is -0.332. The number of hydrogen-bond acceptors (Lipinski definition) is 5. The van der Waals surface area contributed by atoms with Gasteiger partial charge in [-0.1, -0.05) is 29.8 Å². The van der Waals surface area contributed by atoms with Gasteiger partial charge in [0, 0.05) is 36.7 Å². The first kappa shape index (κ1) is 19.0. The van der Waals surface area contributed by atoms with Gasteiger partial charge in [-0.15, -0.1) is 0 Å². The number of rotatable bonds is 4. The standard InChI is InChI=1S/C24H21N3O4/c1-14-4-3-5-15(8-14)9-19-17-11-18(21(28)12-20(17)26-25-19)24(29)27(2)16-6-7-22-23(10-16)31-13-30-22/h3-8,10-12,28H,9,13H2,1-2H3,(H,25,26). The first-order valence-electron chi connectivity index (χ1n) is 9.93. The zero-order valence-corrected chi connectivity index (χ0v) is 17.2. The Hall–Kier alpha value is -4.00. The Balaban J connectivity index is 1.49. The van der Waals surface area contributed by atoms with E-state index in [1.807, 2.05) is 25.1 Å². The van der Waals surface area contributed by atoms with Crippen molar-refractivity contribution >= 4 is 22.5 Å². The number of anilines is 1. The number of carbonyl (C=O) groups excluding carboxylic acids is 1. The Labute approximate surface area is 178 Å². The summed E-state index contributed by atoms with van der Waals surface area (Å²) in [6.07, 6.45) is 0.623. The second-order valence-electron chi connectivity index (χ2n) is 7.65. The van der Waals surface area contributed by atoms with Crippen molar-refractivity contribution in [3.63, 3.8) is 0 Å². The van der Waals surface area contributed by atoms with Gasteiger partial charge in [0.2, 0.25) is 6.79 Å². The van der Waals surface area contributed by atoms with E-state index in [0.717, 1.165) is 16.6 Å². The highest BCUT2D eigenvalue weighted by Gasteiger charge is 2.22. The summed E-state index contributed by atoms with van der Waals surface area (Å²) in [5.74, 6) is 0.803. The van der Waals surface area contributed by atoms with Crippen molar-refractivity contribution in [3.8, 4) is 17.2 Å². The number of amides is 1. The fourth-order valence-electron chi connectivity index (χ4n) is 3.82. The fourth-order valence-corrected chi connectivity index (χ4v) is 3.82. The lowest BCUT2D eigenvalue weighted by atomic mass is 10.0. The highest BCUT2D eigenvalue weighted by atomic mass is 16.7. The van der Waals surface area contributed by atoms with E-state index in [1.165, 1.54) is 10.5 Å². The number of fused-ring (bicyclic) bond motifs is 2. The van der Waals surface area contributed by atoms with Gasteiger partial charge < -0.3 is 19.5 Å². The summed E-state index contributed by atoms with van der Waals surface area (Å²) in [4.78, 5) is 14.7. The number of aromatic nitrogens is 2. The van der Waals surface area contributed by atoms with Crippen LogP contribution in [0.4, 0.5) is 5.69 Å². The van der Waals surface area contributed by atoms with E-state index >= 15 is 0 Å². The Morgan fingerprint density at radius 2 is 1.97 bits per heavy atom. The van der Waals surface area contributed by atoms with Gasteiger partial charge in [-0.2, -0.15) is 5.10 Å². The smallest absolute Gasteiger partial charge is 0.261 e. The average Bonchev–Trinajstić information content (AvgIpc) is 3.38. The van der Waals surface area contributed by atoms with Crippen LogP contribution in [-0.2, 0) is 6.42 Å². The maximum atomic E-state index is 13.2. The molecule has 7 nitrogen and oxygen atoms in total. The van der Waals surface area contributed by atoms with E-state index in [-0.39, 0.29) is 24.0 Å². The molecule has 1 aromatic heterocycles. The summed E-state index contributed by atoms with van der Waals surface area (Å²) in [6, 6.07) is 16.8. The molecule has 0 saturated heterocycles. The molecule has 0 fully saturated rings. The van der Waals surface area contributed by atoms with Gasteiger partial charge in [-0.3, -0.25) is 9.89 Å². The number of carbonyl (C=O) groups is 1. The maximum absolute atomic E-state index is 13.2. The summed E-state index contributed by atoms with van der Waals surface area (Å²) in [7, 11) is 1.66. The molecule has 2 N–H and O–H groups in total. The van der Waals surface area contributed by atoms with E-state index < -0.39 is 0 Å². The summed E-state index contributed by atoms with van der Waals surface area (Å²) in [6.45, 7) is 2.21. The summed E-state index contributed by atoms with van der Waals surface area (Å²) in [5.41, 5.74) is 4.66. The lowest BCUT2D eigenvalue weighted by Gasteiger charge is -2.18. The molecule has 3 aromatic carbocycles. The Morgan fingerprint density at radius 3 is 2.81 bits per heavy atom. The van der Waals surface area contributed by atoms with Crippen LogP contribution in [0, 0.1) is 6.92 Å². The molecule has 7 heteroatoms. The lowest BCUT2D eigenvalue weighted by Crippen LogP contribution is -2.26. The van der Waals surface area contributed by atoms with E-state index in [2.05, 4.69) is 16.3 Å². The molecule has 2 heterocycles. The summed E-state index contributed by atoms with van der Waals surface area (Å²) in [5, 5.41) is 18.7. The van der Waals surface area contributed by atoms with Gasteiger partial charge >= 0.3 is 0 Å². The van der Waals surface area contributed by atoms with Crippen LogP contribution in [0.15, 0.2) is 54.6 Å². The topological polar surface area (TPSA) is 87.7 Å². The van der Waals surface area contributed by atoms with Crippen LogP contribution in [0.3, 0.4) is 0 Å². The Morgan fingerprint density at radius 1 is 1.13 bits per heavy atom. The molecule has 0 aliphatic carbocycles. The number of nitrogens with zero attached hydrogens (tertiary/aromatic N) is 2. The number of benzene rings is 3. The molecule has 31 heavy (non-hydrogen) atoms. The molecule has 1 amide bonds. The quantitative estimate of drug-likeness (QED) is 0.522. The van der Waals surface area contributed by atoms with Gasteiger partial charge in [-0.05, 0) is 30.7 Å². The first-order chi connectivity index (χ1) is 15.0. The summed E-state index contributed by atoms with van der Waals surface area (Å²) < 4.78 is 10.7. The first-order valence-corrected chi connectivity index (χ1v) is 9.93. The fraction of sp³-hybridized carbons (Fsp3) is 0.167. The molecular weight excluding hydrogens is 394 g/mol. The highest BCUT2D eigenvalue weighted by Crippen LogP contribution is 2.36. The van der Waals surface area contributed by atoms with Crippen molar-refractivity contribution in [2.45, 2.75) is 13.3 Å². The van der Waals surface area contributed by atoms with Crippen LogP contribution in [0.1, 0.15) is 27.2 Å².